The van der Waals surface area contributed by atoms with Crippen molar-refractivity contribution in [2.75, 3.05) is 24.4 Å². The topological polar surface area (TPSA) is 115 Å². The van der Waals surface area contributed by atoms with Crippen LogP contribution in [0.3, 0.4) is 0 Å². The lowest BCUT2D eigenvalue weighted by atomic mass is 10.0. The highest BCUT2D eigenvalue weighted by atomic mass is 16.5. The molecule has 9 nitrogen and oxygen atoms in total. The van der Waals surface area contributed by atoms with E-state index in [9.17, 15) is 14.7 Å². The molecule has 0 bridgehead atoms. The fraction of sp³-hybridized carbons (Fsp3) is 0.464. The van der Waals surface area contributed by atoms with Crippen molar-refractivity contribution in [3.63, 3.8) is 0 Å². The fourth-order valence-corrected chi connectivity index (χ4v) is 4.46. The zero-order valence-corrected chi connectivity index (χ0v) is 21.9. The molecule has 1 saturated heterocycles. The third-order valence-electron chi connectivity index (χ3n) is 6.88. The SMILES string of the molecule is COC(=O)c1c(NC(=O)[C@@H]2CCCO2)c2cc(N[C@@H](C)C(C)(C)O)cnc2n1CCCc1ccccc1. The summed E-state index contributed by atoms with van der Waals surface area (Å²) in [6, 6.07) is 11.7. The first kappa shape index (κ1) is 26.6. The second kappa shape index (κ2) is 11.3. The van der Waals surface area contributed by atoms with Crippen LogP contribution >= 0.6 is 0 Å². The van der Waals surface area contributed by atoms with E-state index in [-0.39, 0.29) is 17.6 Å². The zero-order valence-electron chi connectivity index (χ0n) is 21.9. The Morgan fingerprint density at radius 2 is 2.05 bits per heavy atom. The Hall–Kier alpha value is -3.43. The Labute approximate surface area is 217 Å². The summed E-state index contributed by atoms with van der Waals surface area (Å²) >= 11 is 0. The van der Waals surface area contributed by atoms with Gasteiger partial charge in [-0.05, 0) is 58.1 Å². The summed E-state index contributed by atoms with van der Waals surface area (Å²) in [6.45, 7) is 6.36. The maximum Gasteiger partial charge on any atom is 0.356 e. The molecule has 1 aliphatic heterocycles. The highest BCUT2D eigenvalue weighted by Gasteiger charge is 2.30. The molecule has 4 rings (SSSR count). The minimum absolute atomic E-state index is 0.247. The van der Waals surface area contributed by atoms with Gasteiger partial charge in [0.2, 0.25) is 0 Å². The number of rotatable bonds is 10. The number of aliphatic hydroxyl groups is 1. The number of amides is 1. The van der Waals surface area contributed by atoms with E-state index in [4.69, 9.17) is 9.47 Å². The van der Waals surface area contributed by atoms with Gasteiger partial charge in [-0.15, -0.1) is 0 Å². The number of benzene rings is 1. The summed E-state index contributed by atoms with van der Waals surface area (Å²) in [7, 11) is 1.32. The van der Waals surface area contributed by atoms with Gasteiger partial charge >= 0.3 is 5.97 Å². The molecule has 1 fully saturated rings. The third kappa shape index (κ3) is 6.11. The van der Waals surface area contributed by atoms with Crippen LogP contribution in [0.1, 0.15) is 56.1 Å². The number of aromatic nitrogens is 2. The molecule has 0 unspecified atom stereocenters. The Morgan fingerprint density at radius 1 is 1.30 bits per heavy atom. The van der Waals surface area contributed by atoms with Gasteiger partial charge in [0.05, 0.1) is 36.3 Å². The molecule has 0 spiro atoms. The highest BCUT2D eigenvalue weighted by molar-refractivity contribution is 6.12. The number of carbonyl (C=O) groups excluding carboxylic acids is 2. The molecule has 0 radical (unpaired) electrons. The van der Waals surface area contributed by atoms with Crippen LogP contribution in [-0.2, 0) is 27.2 Å². The lowest BCUT2D eigenvalue weighted by Crippen LogP contribution is -2.39. The normalized spacial score (nSPS) is 16.5. The summed E-state index contributed by atoms with van der Waals surface area (Å²) in [5.74, 6) is -0.853. The van der Waals surface area contributed by atoms with Crippen molar-refractivity contribution in [2.24, 2.45) is 0 Å². The molecule has 0 saturated carbocycles. The third-order valence-corrected chi connectivity index (χ3v) is 6.88. The second-order valence-corrected chi connectivity index (χ2v) is 10.1. The number of carbonyl (C=O) groups is 2. The molecule has 1 amide bonds. The molecule has 1 aromatic carbocycles. The zero-order chi connectivity index (χ0) is 26.6. The number of ether oxygens (including phenoxy) is 2. The molecule has 37 heavy (non-hydrogen) atoms. The van der Waals surface area contributed by atoms with Crippen LogP contribution in [0, 0.1) is 0 Å². The molecule has 3 heterocycles. The van der Waals surface area contributed by atoms with Crippen molar-refractivity contribution in [3.8, 4) is 0 Å². The Kier molecular flexibility index (Phi) is 8.14. The van der Waals surface area contributed by atoms with E-state index in [0.717, 1.165) is 19.3 Å². The number of fused-ring (bicyclic) bond motifs is 1. The number of nitrogens with zero attached hydrogens (tertiary/aromatic N) is 2. The van der Waals surface area contributed by atoms with Gasteiger partial charge in [0.1, 0.15) is 11.8 Å². The predicted molar refractivity (Wildman–Crippen MR) is 143 cm³/mol. The van der Waals surface area contributed by atoms with Crippen molar-refractivity contribution in [1.82, 2.24) is 9.55 Å². The van der Waals surface area contributed by atoms with E-state index >= 15 is 0 Å². The minimum Gasteiger partial charge on any atom is -0.464 e. The minimum atomic E-state index is -0.966. The number of esters is 1. The van der Waals surface area contributed by atoms with Gasteiger partial charge in [0, 0.05) is 18.5 Å². The standard InChI is InChI=1S/C28H36N4O5/c1-18(28(2,3)35)30-20-16-21-23(31-26(33)22-13-9-15-37-22)24(27(34)36-4)32(25(21)29-17-20)14-8-12-19-10-6-5-7-11-19/h5-7,10-11,16-18,22,30,35H,8-9,12-15H2,1-4H3,(H,31,33)/t18-,22-/m0/s1. The van der Waals surface area contributed by atoms with E-state index in [1.165, 1.54) is 12.7 Å². The van der Waals surface area contributed by atoms with Crippen molar-refractivity contribution in [1.29, 1.82) is 0 Å². The van der Waals surface area contributed by atoms with Crippen LogP contribution in [0.5, 0.6) is 0 Å². The van der Waals surface area contributed by atoms with E-state index in [2.05, 4.69) is 27.8 Å². The molecular weight excluding hydrogens is 472 g/mol. The molecule has 0 aliphatic carbocycles. The molecule has 1 aliphatic rings. The molecule has 2 atom stereocenters. The van der Waals surface area contributed by atoms with Gasteiger partial charge in [0.25, 0.3) is 5.91 Å². The number of aryl methyl sites for hydroxylation is 2. The molecule has 9 heteroatoms. The molecule has 198 valence electrons. The van der Waals surface area contributed by atoms with Crippen LogP contribution in [0.25, 0.3) is 11.0 Å². The average Bonchev–Trinajstić information content (AvgIpc) is 3.51. The predicted octanol–water partition coefficient (Wildman–Crippen LogP) is 4.14. The molecule has 3 N–H and O–H groups in total. The second-order valence-electron chi connectivity index (χ2n) is 10.1. The van der Waals surface area contributed by atoms with Gasteiger partial charge in [-0.1, -0.05) is 30.3 Å². The highest BCUT2D eigenvalue weighted by Crippen LogP contribution is 2.34. The number of nitrogens with one attached hydrogen (secondary N) is 2. The van der Waals surface area contributed by atoms with Crippen molar-refractivity contribution >= 4 is 34.3 Å². The van der Waals surface area contributed by atoms with Crippen LogP contribution in [-0.4, -0.2) is 58.0 Å². The first-order valence-electron chi connectivity index (χ1n) is 12.7. The Morgan fingerprint density at radius 3 is 2.70 bits per heavy atom. The first-order chi connectivity index (χ1) is 17.7. The Balaban J connectivity index is 1.75. The number of anilines is 2. The fourth-order valence-electron chi connectivity index (χ4n) is 4.46. The van der Waals surface area contributed by atoms with Crippen LogP contribution in [0.15, 0.2) is 42.6 Å². The van der Waals surface area contributed by atoms with Crippen molar-refractivity contribution < 1.29 is 24.2 Å². The molecule has 2 aromatic heterocycles. The van der Waals surface area contributed by atoms with Gasteiger partial charge < -0.3 is 29.8 Å². The molecule has 3 aromatic rings. The summed E-state index contributed by atoms with van der Waals surface area (Å²) in [5.41, 5.74) is 2.06. The smallest absolute Gasteiger partial charge is 0.356 e. The quantitative estimate of drug-likeness (QED) is 0.353. The van der Waals surface area contributed by atoms with Crippen LogP contribution in [0.2, 0.25) is 0 Å². The number of hydrogen-bond donors (Lipinski definition) is 3. The maximum absolute atomic E-state index is 13.1. The molecular formula is C28H36N4O5. The van der Waals surface area contributed by atoms with E-state index < -0.39 is 17.7 Å². The summed E-state index contributed by atoms with van der Waals surface area (Å²) < 4.78 is 12.5. The number of hydrogen-bond acceptors (Lipinski definition) is 7. The van der Waals surface area contributed by atoms with Gasteiger partial charge in [-0.25, -0.2) is 9.78 Å². The van der Waals surface area contributed by atoms with Crippen LogP contribution in [0.4, 0.5) is 11.4 Å². The van der Waals surface area contributed by atoms with Gasteiger partial charge in [-0.2, -0.15) is 0 Å². The first-order valence-corrected chi connectivity index (χ1v) is 12.7. The van der Waals surface area contributed by atoms with E-state index in [1.54, 1.807) is 20.0 Å². The maximum atomic E-state index is 13.1. The number of methoxy groups -OCH3 is 1. The van der Waals surface area contributed by atoms with Gasteiger partial charge in [-0.3, -0.25) is 4.79 Å². The van der Waals surface area contributed by atoms with Gasteiger partial charge in [0.15, 0.2) is 5.69 Å². The number of pyridine rings is 1. The summed E-state index contributed by atoms with van der Waals surface area (Å²) in [6.07, 6.45) is 4.13. The monoisotopic (exact) mass is 508 g/mol. The van der Waals surface area contributed by atoms with Crippen molar-refractivity contribution in [3.05, 3.63) is 53.9 Å². The lowest BCUT2D eigenvalue weighted by molar-refractivity contribution is -0.124. The summed E-state index contributed by atoms with van der Waals surface area (Å²) in [5, 5.41) is 17.2. The summed E-state index contributed by atoms with van der Waals surface area (Å²) in [4.78, 5) is 30.8. The van der Waals surface area contributed by atoms with Crippen LogP contribution < -0.4 is 10.6 Å². The largest absolute Gasteiger partial charge is 0.464 e. The average molecular weight is 509 g/mol. The van der Waals surface area contributed by atoms with E-state index in [0.29, 0.717) is 42.0 Å². The van der Waals surface area contributed by atoms with Crippen molar-refractivity contribution in [2.45, 2.75) is 70.7 Å². The van der Waals surface area contributed by atoms with E-state index in [1.807, 2.05) is 35.8 Å². The Bertz CT molecular complexity index is 1240. The lowest BCUT2D eigenvalue weighted by Gasteiger charge is -2.27.